The average Bonchev–Trinajstić information content (AvgIpc) is 2.94. The highest BCUT2D eigenvalue weighted by atomic mass is 32.1. The molecule has 4 heteroatoms. The lowest BCUT2D eigenvalue weighted by molar-refractivity contribution is 0.617. The second-order valence-corrected chi connectivity index (χ2v) is 5.22. The Morgan fingerprint density at radius 3 is 3.00 bits per heavy atom. The van der Waals surface area contributed by atoms with Crippen molar-refractivity contribution in [2.24, 2.45) is 0 Å². The summed E-state index contributed by atoms with van der Waals surface area (Å²) in [6, 6.07) is 8.67. The lowest BCUT2D eigenvalue weighted by Gasteiger charge is -2.18. The molecule has 0 spiro atoms. The Hall–Kier alpha value is -1.78. The van der Waals surface area contributed by atoms with Crippen LogP contribution in [0.15, 0.2) is 48.2 Å². The van der Waals surface area contributed by atoms with E-state index in [1.807, 2.05) is 6.20 Å². The van der Waals surface area contributed by atoms with Gasteiger partial charge in [-0.25, -0.2) is 0 Å². The van der Waals surface area contributed by atoms with Gasteiger partial charge in [0.05, 0.1) is 17.9 Å². The van der Waals surface area contributed by atoms with Crippen molar-refractivity contribution in [3.8, 4) is 0 Å². The third-order valence-corrected chi connectivity index (χ3v) is 4.09. The van der Waals surface area contributed by atoms with Crippen LogP contribution in [0.4, 0.5) is 0 Å². The van der Waals surface area contributed by atoms with E-state index < -0.39 is 0 Å². The Balaban J connectivity index is 2.12. The van der Waals surface area contributed by atoms with Crippen molar-refractivity contribution in [1.82, 2.24) is 15.3 Å². The standard InChI is InChI=1S/C15H15N3S/c1-2-17-14(13-10-16-7-8-18-13)12-5-3-4-11-6-9-19-15(11)12/h3-10,14,17H,2H2,1H3. The molecular weight excluding hydrogens is 254 g/mol. The third kappa shape index (κ3) is 2.37. The number of hydrogen-bond donors (Lipinski definition) is 1. The molecule has 0 radical (unpaired) electrons. The highest BCUT2D eigenvalue weighted by Crippen LogP contribution is 2.31. The van der Waals surface area contributed by atoms with Gasteiger partial charge in [0.25, 0.3) is 0 Å². The summed E-state index contributed by atoms with van der Waals surface area (Å²) in [6.07, 6.45) is 5.28. The minimum absolute atomic E-state index is 0.0982. The van der Waals surface area contributed by atoms with Gasteiger partial charge in [-0.1, -0.05) is 25.1 Å². The van der Waals surface area contributed by atoms with Crippen molar-refractivity contribution in [2.45, 2.75) is 13.0 Å². The van der Waals surface area contributed by atoms with Crippen molar-refractivity contribution in [3.63, 3.8) is 0 Å². The maximum atomic E-state index is 4.44. The number of benzene rings is 1. The molecule has 0 aliphatic heterocycles. The molecule has 3 rings (SSSR count). The van der Waals surface area contributed by atoms with Crippen molar-refractivity contribution < 1.29 is 0 Å². The number of hydrogen-bond acceptors (Lipinski definition) is 4. The largest absolute Gasteiger partial charge is 0.305 e. The Bertz CT molecular complexity index is 663. The molecule has 96 valence electrons. The molecule has 0 aliphatic rings. The molecule has 3 aromatic rings. The fourth-order valence-corrected chi connectivity index (χ4v) is 3.23. The minimum atomic E-state index is 0.0982. The molecule has 19 heavy (non-hydrogen) atoms. The highest BCUT2D eigenvalue weighted by molar-refractivity contribution is 7.17. The maximum Gasteiger partial charge on any atom is 0.0802 e. The van der Waals surface area contributed by atoms with Gasteiger partial charge in [-0.3, -0.25) is 9.97 Å². The van der Waals surface area contributed by atoms with Gasteiger partial charge < -0.3 is 5.32 Å². The summed E-state index contributed by atoms with van der Waals surface area (Å²) in [7, 11) is 0. The summed E-state index contributed by atoms with van der Waals surface area (Å²) in [5.41, 5.74) is 2.24. The molecular formula is C15H15N3S. The van der Waals surface area contributed by atoms with E-state index in [4.69, 9.17) is 0 Å². The third-order valence-electron chi connectivity index (χ3n) is 3.11. The number of thiophene rings is 1. The van der Waals surface area contributed by atoms with Gasteiger partial charge in [0.2, 0.25) is 0 Å². The molecule has 2 aromatic heterocycles. The normalized spacial score (nSPS) is 12.7. The zero-order valence-electron chi connectivity index (χ0n) is 10.7. The van der Waals surface area contributed by atoms with Crippen LogP contribution in [0.3, 0.4) is 0 Å². The zero-order valence-corrected chi connectivity index (χ0v) is 11.5. The van der Waals surface area contributed by atoms with Gasteiger partial charge in [0.1, 0.15) is 0 Å². The molecule has 2 heterocycles. The Kier molecular flexibility index (Phi) is 3.53. The van der Waals surface area contributed by atoms with Crippen molar-refractivity contribution in [2.75, 3.05) is 6.54 Å². The van der Waals surface area contributed by atoms with E-state index in [0.717, 1.165) is 12.2 Å². The molecule has 0 aliphatic carbocycles. The van der Waals surface area contributed by atoms with Crippen LogP contribution in [0.25, 0.3) is 10.1 Å². The summed E-state index contributed by atoms with van der Waals surface area (Å²) >= 11 is 1.77. The summed E-state index contributed by atoms with van der Waals surface area (Å²) in [5.74, 6) is 0. The number of fused-ring (bicyclic) bond motifs is 1. The molecule has 0 amide bonds. The lowest BCUT2D eigenvalue weighted by Crippen LogP contribution is -2.23. The summed E-state index contributed by atoms with van der Waals surface area (Å²) in [6.45, 7) is 3.00. The molecule has 1 aromatic carbocycles. The zero-order chi connectivity index (χ0) is 13.1. The van der Waals surface area contributed by atoms with Crippen LogP contribution >= 0.6 is 11.3 Å². The molecule has 0 saturated carbocycles. The first-order valence-corrected chi connectivity index (χ1v) is 7.23. The van der Waals surface area contributed by atoms with E-state index in [1.54, 1.807) is 23.7 Å². The van der Waals surface area contributed by atoms with E-state index in [0.29, 0.717) is 0 Å². The quantitative estimate of drug-likeness (QED) is 0.789. The molecule has 1 atom stereocenters. The van der Waals surface area contributed by atoms with Crippen molar-refractivity contribution in [1.29, 1.82) is 0 Å². The first-order valence-electron chi connectivity index (χ1n) is 6.35. The molecule has 1 N–H and O–H groups in total. The predicted octanol–water partition coefficient (Wildman–Crippen LogP) is 3.39. The topological polar surface area (TPSA) is 37.8 Å². The molecule has 0 bridgehead atoms. The Morgan fingerprint density at radius 1 is 1.26 bits per heavy atom. The van der Waals surface area contributed by atoms with Gasteiger partial charge in [0, 0.05) is 17.1 Å². The van der Waals surface area contributed by atoms with Crippen LogP contribution in [0.1, 0.15) is 24.2 Å². The highest BCUT2D eigenvalue weighted by Gasteiger charge is 2.17. The van der Waals surface area contributed by atoms with E-state index in [-0.39, 0.29) is 6.04 Å². The fraction of sp³-hybridized carbons (Fsp3) is 0.200. The average molecular weight is 269 g/mol. The summed E-state index contributed by atoms with van der Waals surface area (Å²) in [5, 5.41) is 6.92. The molecule has 0 fully saturated rings. The van der Waals surface area contributed by atoms with Gasteiger partial charge in [-0.2, -0.15) is 0 Å². The maximum absolute atomic E-state index is 4.44. The fourth-order valence-electron chi connectivity index (χ4n) is 2.28. The van der Waals surface area contributed by atoms with Crippen molar-refractivity contribution >= 4 is 21.4 Å². The van der Waals surface area contributed by atoms with Gasteiger partial charge in [0.15, 0.2) is 0 Å². The number of aromatic nitrogens is 2. The molecule has 0 saturated heterocycles. The second kappa shape index (κ2) is 5.47. The van der Waals surface area contributed by atoms with E-state index in [9.17, 15) is 0 Å². The Labute approximate surface area is 116 Å². The molecule has 3 nitrogen and oxygen atoms in total. The smallest absolute Gasteiger partial charge is 0.0802 e. The second-order valence-electron chi connectivity index (χ2n) is 4.31. The van der Waals surface area contributed by atoms with Crippen LogP contribution in [0.5, 0.6) is 0 Å². The predicted molar refractivity (Wildman–Crippen MR) is 79.4 cm³/mol. The van der Waals surface area contributed by atoms with E-state index >= 15 is 0 Å². The van der Waals surface area contributed by atoms with Crippen LogP contribution < -0.4 is 5.32 Å². The van der Waals surface area contributed by atoms with E-state index in [2.05, 4.69) is 51.9 Å². The summed E-state index contributed by atoms with van der Waals surface area (Å²) in [4.78, 5) is 8.63. The summed E-state index contributed by atoms with van der Waals surface area (Å²) < 4.78 is 1.32. The molecule has 1 unspecified atom stereocenters. The van der Waals surface area contributed by atoms with Crippen LogP contribution in [0.2, 0.25) is 0 Å². The van der Waals surface area contributed by atoms with Crippen LogP contribution in [0, 0.1) is 0 Å². The van der Waals surface area contributed by atoms with Crippen LogP contribution in [-0.2, 0) is 0 Å². The number of rotatable bonds is 4. The first-order chi connectivity index (χ1) is 9.40. The lowest BCUT2D eigenvalue weighted by atomic mass is 10.0. The number of nitrogens with zero attached hydrogens (tertiary/aromatic N) is 2. The van der Waals surface area contributed by atoms with E-state index in [1.165, 1.54) is 15.6 Å². The minimum Gasteiger partial charge on any atom is -0.305 e. The first kappa shape index (κ1) is 12.3. The Morgan fingerprint density at radius 2 is 2.21 bits per heavy atom. The number of nitrogens with one attached hydrogen (secondary N) is 1. The van der Waals surface area contributed by atoms with Gasteiger partial charge >= 0.3 is 0 Å². The van der Waals surface area contributed by atoms with Crippen LogP contribution in [-0.4, -0.2) is 16.5 Å². The van der Waals surface area contributed by atoms with Crippen molar-refractivity contribution in [3.05, 3.63) is 59.5 Å². The van der Waals surface area contributed by atoms with Gasteiger partial charge in [-0.05, 0) is 28.9 Å². The SMILES string of the molecule is CCNC(c1cnccn1)c1cccc2ccsc12. The van der Waals surface area contributed by atoms with Gasteiger partial charge in [-0.15, -0.1) is 11.3 Å². The monoisotopic (exact) mass is 269 g/mol.